The Balaban J connectivity index is 2.01. The SMILES string of the molecule is COc1ccccc1C(C)NCc1ncn[nH]1. The minimum absolute atomic E-state index is 0.191. The minimum Gasteiger partial charge on any atom is -0.496 e. The summed E-state index contributed by atoms with van der Waals surface area (Å²) in [7, 11) is 1.68. The van der Waals surface area contributed by atoms with E-state index in [1.165, 1.54) is 6.33 Å². The molecule has 0 saturated heterocycles. The van der Waals surface area contributed by atoms with Crippen LogP contribution in [0.2, 0.25) is 0 Å². The molecule has 2 rings (SSSR count). The van der Waals surface area contributed by atoms with Gasteiger partial charge in [-0.1, -0.05) is 18.2 Å². The van der Waals surface area contributed by atoms with E-state index in [1.807, 2.05) is 18.2 Å². The second-order valence-corrected chi connectivity index (χ2v) is 3.78. The molecule has 2 aromatic rings. The molecule has 0 bridgehead atoms. The van der Waals surface area contributed by atoms with E-state index in [-0.39, 0.29) is 6.04 Å². The summed E-state index contributed by atoms with van der Waals surface area (Å²) in [5.74, 6) is 1.72. The first-order valence-electron chi connectivity index (χ1n) is 5.52. The lowest BCUT2D eigenvalue weighted by Gasteiger charge is -2.16. The van der Waals surface area contributed by atoms with E-state index in [1.54, 1.807) is 7.11 Å². The Morgan fingerprint density at radius 3 is 2.94 bits per heavy atom. The van der Waals surface area contributed by atoms with Crippen molar-refractivity contribution in [1.29, 1.82) is 0 Å². The summed E-state index contributed by atoms with van der Waals surface area (Å²) in [5, 5.41) is 9.99. The largest absolute Gasteiger partial charge is 0.496 e. The van der Waals surface area contributed by atoms with E-state index >= 15 is 0 Å². The zero-order valence-corrected chi connectivity index (χ0v) is 9.97. The van der Waals surface area contributed by atoms with Crippen LogP contribution in [-0.2, 0) is 6.54 Å². The molecule has 1 aromatic heterocycles. The van der Waals surface area contributed by atoms with Crippen LogP contribution in [0.5, 0.6) is 5.75 Å². The fraction of sp³-hybridized carbons (Fsp3) is 0.333. The van der Waals surface area contributed by atoms with Gasteiger partial charge >= 0.3 is 0 Å². The molecule has 0 amide bonds. The van der Waals surface area contributed by atoms with Crippen molar-refractivity contribution in [3.8, 4) is 5.75 Å². The van der Waals surface area contributed by atoms with E-state index in [0.29, 0.717) is 6.54 Å². The third kappa shape index (κ3) is 2.82. The lowest BCUT2D eigenvalue weighted by molar-refractivity contribution is 0.401. The molecule has 1 aromatic carbocycles. The van der Waals surface area contributed by atoms with Crippen molar-refractivity contribution < 1.29 is 4.74 Å². The molecular weight excluding hydrogens is 216 g/mol. The number of H-pyrrole nitrogens is 1. The van der Waals surface area contributed by atoms with Gasteiger partial charge in [0.05, 0.1) is 13.7 Å². The van der Waals surface area contributed by atoms with Crippen molar-refractivity contribution in [3.63, 3.8) is 0 Å². The molecule has 0 spiro atoms. The highest BCUT2D eigenvalue weighted by atomic mass is 16.5. The quantitative estimate of drug-likeness (QED) is 0.823. The standard InChI is InChI=1S/C12H16N4O/c1-9(13-7-12-14-8-15-16-12)10-5-3-4-6-11(10)17-2/h3-6,8-9,13H,7H2,1-2H3,(H,14,15,16). The Bertz CT molecular complexity index is 455. The summed E-state index contributed by atoms with van der Waals surface area (Å²) in [6, 6.07) is 8.17. The Hall–Kier alpha value is -1.88. The molecule has 0 fully saturated rings. The van der Waals surface area contributed by atoms with Gasteiger partial charge in [0.2, 0.25) is 0 Å². The summed E-state index contributed by atoms with van der Waals surface area (Å²) in [6.45, 7) is 2.74. The normalized spacial score (nSPS) is 12.4. The molecule has 5 heteroatoms. The van der Waals surface area contributed by atoms with Crippen molar-refractivity contribution in [1.82, 2.24) is 20.5 Å². The molecule has 90 valence electrons. The first-order chi connectivity index (χ1) is 8.31. The number of rotatable bonds is 5. The van der Waals surface area contributed by atoms with Crippen LogP contribution in [0.3, 0.4) is 0 Å². The first-order valence-corrected chi connectivity index (χ1v) is 5.52. The van der Waals surface area contributed by atoms with E-state index in [2.05, 4.69) is 33.5 Å². The maximum Gasteiger partial charge on any atom is 0.138 e. The van der Waals surface area contributed by atoms with Gasteiger partial charge in [0.25, 0.3) is 0 Å². The number of methoxy groups -OCH3 is 1. The molecular formula is C12H16N4O. The number of ether oxygens (including phenoxy) is 1. The summed E-state index contributed by atoms with van der Waals surface area (Å²) in [5.41, 5.74) is 1.13. The average molecular weight is 232 g/mol. The Morgan fingerprint density at radius 1 is 1.41 bits per heavy atom. The highest BCUT2D eigenvalue weighted by Crippen LogP contribution is 2.24. The summed E-state index contributed by atoms with van der Waals surface area (Å²) in [4.78, 5) is 4.06. The molecule has 2 N–H and O–H groups in total. The molecule has 0 saturated carbocycles. The van der Waals surface area contributed by atoms with Crippen LogP contribution in [0.1, 0.15) is 24.4 Å². The van der Waals surface area contributed by atoms with E-state index in [9.17, 15) is 0 Å². The van der Waals surface area contributed by atoms with Crippen LogP contribution in [0.4, 0.5) is 0 Å². The monoisotopic (exact) mass is 232 g/mol. The van der Waals surface area contributed by atoms with Crippen molar-refractivity contribution in [2.45, 2.75) is 19.5 Å². The third-order valence-corrected chi connectivity index (χ3v) is 2.65. The van der Waals surface area contributed by atoms with Crippen LogP contribution >= 0.6 is 0 Å². The van der Waals surface area contributed by atoms with Gasteiger partial charge in [0.15, 0.2) is 0 Å². The number of aromatic nitrogens is 3. The average Bonchev–Trinajstić information content (AvgIpc) is 2.89. The highest BCUT2D eigenvalue weighted by molar-refractivity contribution is 5.35. The van der Waals surface area contributed by atoms with Gasteiger partial charge in [0, 0.05) is 11.6 Å². The maximum absolute atomic E-state index is 5.33. The number of benzene rings is 1. The molecule has 0 aliphatic heterocycles. The summed E-state index contributed by atoms with van der Waals surface area (Å²) >= 11 is 0. The predicted octanol–water partition coefficient (Wildman–Crippen LogP) is 1.66. The Kier molecular flexibility index (Phi) is 3.72. The van der Waals surface area contributed by atoms with E-state index < -0.39 is 0 Å². The molecule has 0 radical (unpaired) electrons. The fourth-order valence-electron chi connectivity index (χ4n) is 1.70. The van der Waals surface area contributed by atoms with Crippen molar-refractivity contribution >= 4 is 0 Å². The van der Waals surface area contributed by atoms with Crippen LogP contribution in [0, 0.1) is 0 Å². The number of nitrogens with zero attached hydrogens (tertiary/aromatic N) is 2. The van der Waals surface area contributed by atoms with Gasteiger partial charge in [-0.15, -0.1) is 0 Å². The lowest BCUT2D eigenvalue weighted by Crippen LogP contribution is -2.19. The van der Waals surface area contributed by atoms with E-state index in [0.717, 1.165) is 17.1 Å². The van der Waals surface area contributed by atoms with Gasteiger partial charge < -0.3 is 10.1 Å². The number of aromatic amines is 1. The molecule has 1 atom stereocenters. The minimum atomic E-state index is 0.191. The second-order valence-electron chi connectivity index (χ2n) is 3.78. The van der Waals surface area contributed by atoms with Crippen LogP contribution in [0.15, 0.2) is 30.6 Å². The topological polar surface area (TPSA) is 62.8 Å². The second kappa shape index (κ2) is 5.45. The smallest absolute Gasteiger partial charge is 0.138 e. The molecule has 1 heterocycles. The lowest BCUT2D eigenvalue weighted by atomic mass is 10.1. The molecule has 17 heavy (non-hydrogen) atoms. The third-order valence-electron chi connectivity index (χ3n) is 2.65. The van der Waals surface area contributed by atoms with Crippen molar-refractivity contribution in [3.05, 3.63) is 42.0 Å². The Labute approximate surface area is 100 Å². The zero-order chi connectivity index (χ0) is 12.1. The molecule has 0 aliphatic rings. The van der Waals surface area contributed by atoms with Crippen LogP contribution in [0.25, 0.3) is 0 Å². The van der Waals surface area contributed by atoms with Crippen LogP contribution in [-0.4, -0.2) is 22.3 Å². The molecule has 1 unspecified atom stereocenters. The van der Waals surface area contributed by atoms with Gasteiger partial charge in [-0.2, -0.15) is 5.10 Å². The summed E-state index contributed by atoms with van der Waals surface area (Å²) < 4.78 is 5.33. The van der Waals surface area contributed by atoms with Gasteiger partial charge in [-0.3, -0.25) is 5.10 Å². The molecule has 0 aliphatic carbocycles. The Morgan fingerprint density at radius 2 is 2.24 bits per heavy atom. The predicted molar refractivity (Wildman–Crippen MR) is 64.6 cm³/mol. The number of para-hydroxylation sites is 1. The van der Waals surface area contributed by atoms with Crippen molar-refractivity contribution in [2.24, 2.45) is 0 Å². The maximum atomic E-state index is 5.33. The number of hydrogen-bond acceptors (Lipinski definition) is 4. The highest BCUT2D eigenvalue weighted by Gasteiger charge is 2.10. The van der Waals surface area contributed by atoms with Crippen molar-refractivity contribution in [2.75, 3.05) is 7.11 Å². The first kappa shape index (κ1) is 11.6. The fourth-order valence-corrected chi connectivity index (χ4v) is 1.70. The van der Waals surface area contributed by atoms with Gasteiger partial charge in [-0.25, -0.2) is 4.98 Å². The van der Waals surface area contributed by atoms with Gasteiger partial charge in [-0.05, 0) is 13.0 Å². The number of nitrogens with one attached hydrogen (secondary N) is 2. The van der Waals surface area contributed by atoms with Gasteiger partial charge in [0.1, 0.15) is 17.9 Å². The number of hydrogen-bond donors (Lipinski definition) is 2. The van der Waals surface area contributed by atoms with E-state index in [4.69, 9.17) is 4.74 Å². The van der Waals surface area contributed by atoms with Crippen LogP contribution < -0.4 is 10.1 Å². The summed E-state index contributed by atoms with van der Waals surface area (Å²) in [6.07, 6.45) is 1.50. The zero-order valence-electron chi connectivity index (χ0n) is 9.97. The molecule has 5 nitrogen and oxygen atoms in total.